The molecule has 1 N–H and O–H groups in total. The predicted octanol–water partition coefficient (Wildman–Crippen LogP) is 6.89. The Balaban J connectivity index is 1.49. The molecular formula is C29H25ClN4O2. The molecule has 36 heavy (non-hydrogen) atoms. The van der Waals surface area contributed by atoms with Crippen LogP contribution in [0.4, 0.5) is 10.5 Å². The molecule has 1 aliphatic heterocycles. The molecule has 0 fully saturated rings. The number of hydrogen-bond acceptors (Lipinski definition) is 4. The fourth-order valence-corrected chi connectivity index (χ4v) is 5.40. The highest BCUT2D eigenvalue weighted by molar-refractivity contribution is 6.30. The lowest BCUT2D eigenvalue weighted by Crippen LogP contribution is -2.46. The highest BCUT2D eigenvalue weighted by Crippen LogP contribution is 2.40. The van der Waals surface area contributed by atoms with Crippen molar-refractivity contribution in [1.82, 2.24) is 15.5 Å². The summed E-state index contributed by atoms with van der Waals surface area (Å²) < 4.78 is 5.81. The summed E-state index contributed by atoms with van der Waals surface area (Å²) >= 11 is 6.32. The zero-order valence-electron chi connectivity index (χ0n) is 20.1. The number of carbonyl (C=O) groups excluding carboxylic acids is 1. The van der Waals surface area contributed by atoms with E-state index in [2.05, 4.69) is 22.6 Å². The van der Waals surface area contributed by atoms with Crippen molar-refractivity contribution >= 4 is 28.9 Å². The zero-order valence-corrected chi connectivity index (χ0v) is 20.8. The molecule has 0 saturated heterocycles. The van der Waals surface area contributed by atoms with Gasteiger partial charge in [-0.25, -0.2) is 4.79 Å². The van der Waals surface area contributed by atoms with E-state index >= 15 is 0 Å². The minimum Gasteiger partial charge on any atom is -0.334 e. The Labute approximate surface area is 214 Å². The fourth-order valence-electron chi connectivity index (χ4n) is 5.20. The second-order valence-corrected chi connectivity index (χ2v) is 9.81. The van der Waals surface area contributed by atoms with Crippen LogP contribution in [0.3, 0.4) is 0 Å². The standard InChI is InChI=1S/C29H25ClN4O2/c1-17-6-3-10-22(14-17)27-32-28(36-33-27)25-18(2)34(24-13-12-19-7-4-8-20(19)16-24)29(35)31-26(25)21-9-5-11-23(30)15-21/h3,5-6,9-16,26H,4,7-8H2,1-2H3,(H,31,35). The molecule has 1 aliphatic carbocycles. The molecule has 0 spiro atoms. The van der Waals surface area contributed by atoms with Gasteiger partial charge in [-0.1, -0.05) is 58.7 Å². The number of nitrogens with zero attached hydrogens (tertiary/aromatic N) is 3. The van der Waals surface area contributed by atoms with Gasteiger partial charge in [0.15, 0.2) is 0 Å². The van der Waals surface area contributed by atoms with Crippen molar-refractivity contribution in [3.8, 4) is 11.4 Å². The first-order valence-electron chi connectivity index (χ1n) is 12.1. The van der Waals surface area contributed by atoms with Crippen LogP contribution in [0.15, 0.2) is 77.0 Å². The number of aryl methyl sites for hydroxylation is 3. The molecule has 180 valence electrons. The van der Waals surface area contributed by atoms with Gasteiger partial charge >= 0.3 is 6.03 Å². The van der Waals surface area contributed by atoms with E-state index < -0.39 is 6.04 Å². The highest BCUT2D eigenvalue weighted by atomic mass is 35.5. The summed E-state index contributed by atoms with van der Waals surface area (Å²) in [5.41, 5.74) is 7.78. The number of nitrogens with one attached hydrogen (secondary N) is 1. The van der Waals surface area contributed by atoms with Gasteiger partial charge in [0.2, 0.25) is 5.82 Å². The third-order valence-electron chi connectivity index (χ3n) is 6.94. The number of amides is 2. The number of anilines is 1. The quantitative estimate of drug-likeness (QED) is 0.334. The molecule has 0 bridgehead atoms. The lowest BCUT2D eigenvalue weighted by atomic mass is 9.94. The zero-order chi connectivity index (χ0) is 24.8. The molecule has 1 aromatic heterocycles. The number of rotatable bonds is 4. The number of fused-ring (bicyclic) bond motifs is 1. The third kappa shape index (κ3) is 3.97. The van der Waals surface area contributed by atoms with Crippen LogP contribution < -0.4 is 10.2 Å². The Bertz CT molecular complexity index is 1520. The smallest absolute Gasteiger partial charge is 0.326 e. The van der Waals surface area contributed by atoms with Crippen LogP contribution >= 0.6 is 11.6 Å². The summed E-state index contributed by atoms with van der Waals surface area (Å²) in [6.45, 7) is 3.95. The number of carbonyl (C=O) groups is 1. The first kappa shape index (κ1) is 22.6. The van der Waals surface area contributed by atoms with Crippen LogP contribution in [0.5, 0.6) is 0 Å². The molecule has 7 heteroatoms. The molecule has 2 heterocycles. The summed E-state index contributed by atoms with van der Waals surface area (Å²) in [7, 11) is 0. The summed E-state index contributed by atoms with van der Waals surface area (Å²) in [5.74, 6) is 0.861. The van der Waals surface area contributed by atoms with Crippen LogP contribution in [0, 0.1) is 6.92 Å². The largest absolute Gasteiger partial charge is 0.334 e. The van der Waals surface area contributed by atoms with Gasteiger partial charge in [0.1, 0.15) is 0 Å². The molecule has 0 radical (unpaired) electrons. The number of aromatic nitrogens is 2. The van der Waals surface area contributed by atoms with E-state index in [9.17, 15) is 4.79 Å². The number of allylic oxidation sites excluding steroid dienone is 1. The molecule has 6 nitrogen and oxygen atoms in total. The average molecular weight is 497 g/mol. The average Bonchev–Trinajstić information content (AvgIpc) is 3.53. The molecule has 2 aliphatic rings. The van der Waals surface area contributed by atoms with E-state index in [1.165, 1.54) is 11.1 Å². The third-order valence-corrected chi connectivity index (χ3v) is 7.17. The Morgan fingerprint density at radius 2 is 1.83 bits per heavy atom. The number of benzene rings is 3. The van der Waals surface area contributed by atoms with E-state index in [0.29, 0.717) is 16.7 Å². The van der Waals surface area contributed by atoms with E-state index in [0.717, 1.165) is 52.9 Å². The van der Waals surface area contributed by atoms with E-state index in [-0.39, 0.29) is 6.03 Å². The second-order valence-electron chi connectivity index (χ2n) is 9.37. The Kier molecular flexibility index (Phi) is 5.61. The monoisotopic (exact) mass is 496 g/mol. The molecule has 3 aromatic carbocycles. The van der Waals surface area contributed by atoms with Gasteiger partial charge in [-0.05, 0) is 80.1 Å². The molecule has 2 amide bonds. The Hall–Kier alpha value is -3.90. The maximum atomic E-state index is 13.5. The van der Waals surface area contributed by atoms with Crippen molar-refractivity contribution in [2.45, 2.75) is 39.2 Å². The first-order chi connectivity index (χ1) is 17.5. The molecule has 0 saturated carbocycles. The summed E-state index contributed by atoms with van der Waals surface area (Å²) in [4.78, 5) is 20.0. The van der Waals surface area contributed by atoms with E-state index in [1.807, 2.05) is 68.4 Å². The van der Waals surface area contributed by atoms with Gasteiger partial charge in [0, 0.05) is 16.3 Å². The van der Waals surface area contributed by atoms with Crippen LogP contribution in [0.1, 0.15) is 47.5 Å². The van der Waals surface area contributed by atoms with Crippen molar-refractivity contribution in [2.75, 3.05) is 4.90 Å². The van der Waals surface area contributed by atoms with Gasteiger partial charge in [-0.3, -0.25) is 4.90 Å². The highest BCUT2D eigenvalue weighted by Gasteiger charge is 2.37. The van der Waals surface area contributed by atoms with Gasteiger partial charge in [-0.15, -0.1) is 0 Å². The summed E-state index contributed by atoms with van der Waals surface area (Å²) in [6.07, 6.45) is 3.26. The SMILES string of the molecule is CC1=C(c2nc(-c3cccc(C)c3)no2)C(c2cccc(Cl)c2)NC(=O)N1c1ccc2c(c1)CCC2. The van der Waals surface area contributed by atoms with E-state index in [4.69, 9.17) is 21.1 Å². The van der Waals surface area contributed by atoms with Crippen molar-refractivity contribution in [3.05, 3.63) is 106 Å². The van der Waals surface area contributed by atoms with Crippen LogP contribution in [-0.2, 0) is 12.8 Å². The van der Waals surface area contributed by atoms with Crippen molar-refractivity contribution in [1.29, 1.82) is 0 Å². The normalized spacial score (nSPS) is 17.4. The minimum absolute atomic E-state index is 0.211. The van der Waals surface area contributed by atoms with Crippen LogP contribution in [-0.4, -0.2) is 16.2 Å². The summed E-state index contributed by atoms with van der Waals surface area (Å²) in [6, 6.07) is 21.0. The summed E-state index contributed by atoms with van der Waals surface area (Å²) in [5, 5.41) is 8.01. The maximum Gasteiger partial charge on any atom is 0.326 e. The van der Waals surface area contributed by atoms with E-state index in [1.54, 1.807) is 4.90 Å². The lowest BCUT2D eigenvalue weighted by molar-refractivity contribution is 0.244. The Morgan fingerprint density at radius 3 is 2.67 bits per heavy atom. The predicted molar refractivity (Wildman–Crippen MR) is 141 cm³/mol. The topological polar surface area (TPSA) is 71.3 Å². The van der Waals surface area contributed by atoms with Crippen molar-refractivity contribution in [2.24, 2.45) is 0 Å². The minimum atomic E-state index is -0.493. The number of halogens is 1. The molecule has 6 rings (SSSR count). The van der Waals surface area contributed by atoms with Crippen molar-refractivity contribution in [3.63, 3.8) is 0 Å². The van der Waals surface area contributed by atoms with Gasteiger partial charge in [0.05, 0.1) is 17.3 Å². The molecule has 1 unspecified atom stereocenters. The molecular weight excluding hydrogens is 472 g/mol. The lowest BCUT2D eigenvalue weighted by Gasteiger charge is -2.35. The Morgan fingerprint density at radius 1 is 1.00 bits per heavy atom. The fraction of sp³-hybridized carbons (Fsp3) is 0.207. The molecule has 1 atom stereocenters. The maximum absolute atomic E-state index is 13.5. The van der Waals surface area contributed by atoms with Gasteiger partial charge in [0.25, 0.3) is 5.89 Å². The van der Waals surface area contributed by atoms with Crippen LogP contribution in [0.25, 0.3) is 17.0 Å². The van der Waals surface area contributed by atoms with Crippen molar-refractivity contribution < 1.29 is 9.32 Å². The first-order valence-corrected chi connectivity index (χ1v) is 12.5. The molecule has 4 aromatic rings. The second kappa shape index (κ2) is 8.95. The number of hydrogen-bond donors (Lipinski definition) is 1. The van der Waals surface area contributed by atoms with Gasteiger partial charge < -0.3 is 9.84 Å². The van der Waals surface area contributed by atoms with Crippen LogP contribution in [0.2, 0.25) is 5.02 Å². The van der Waals surface area contributed by atoms with Gasteiger partial charge in [-0.2, -0.15) is 4.98 Å². The number of urea groups is 1.